The Balaban J connectivity index is 2.25. The first-order valence-electron chi connectivity index (χ1n) is 4.13. The molecule has 0 atom stereocenters. The third-order valence-corrected chi connectivity index (χ3v) is 1.81. The van der Waals surface area contributed by atoms with Crippen molar-refractivity contribution in [3.8, 4) is 0 Å². The maximum absolute atomic E-state index is 4.12. The molecule has 0 unspecified atom stereocenters. The largest absolute Gasteiger partial charge is 0.269 e. The van der Waals surface area contributed by atoms with Crippen LogP contribution in [0.3, 0.4) is 0 Å². The molecule has 1 heteroatoms. The van der Waals surface area contributed by atoms with Gasteiger partial charge in [-0.05, 0) is 25.7 Å². The lowest BCUT2D eigenvalue weighted by Crippen LogP contribution is -1.90. The van der Waals surface area contributed by atoms with E-state index in [0.717, 1.165) is 6.42 Å². The molecule has 0 N–H and O–H groups in total. The molecule has 0 saturated heterocycles. The summed E-state index contributed by atoms with van der Waals surface area (Å²) in [4.78, 5) is 4.12. The van der Waals surface area contributed by atoms with E-state index in [0.29, 0.717) is 0 Å². The van der Waals surface area contributed by atoms with Crippen LogP contribution in [0.2, 0.25) is 0 Å². The predicted molar refractivity (Wildman–Crippen MR) is 45.3 cm³/mol. The summed E-state index contributed by atoms with van der Waals surface area (Å²) in [6.07, 6.45) is 10.3. The standard InChI is InChI=1S/C9H15N/c1-2-3-5-9-6-4-7-10-8-9/h7-8H,2-6H2,1H3. The first-order valence-corrected chi connectivity index (χ1v) is 4.13. The highest BCUT2D eigenvalue weighted by Gasteiger charge is 1.98. The van der Waals surface area contributed by atoms with Crippen LogP contribution >= 0.6 is 0 Å². The third-order valence-electron chi connectivity index (χ3n) is 1.81. The number of rotatable bonds is 3. The molecular weight excluding hydrogens is 122 g/mol. The second kappa shape index (κ2) is 4.26. The van der Waals surface area contributed by atoms with E-state index in [-0.39, 0.29) is 0 Å². The summed E-state index contributed by atoms with van der Waals surface area (Å²) in [5.41, 5.74) is 1.53. The van der Waals surface area contributed by atoms with Gasteiger partial charge in [-0.25, -0.2) is 0 Å². The number of aliphatic imine (C=N–C) groups is 1. The Hall–Kier alpha value is -0.590. The number of hydrogen-bond donors (Lipinski definition) is 0. The van der Waals surface area contributed by atoms with Gasteiger partial charge in [0.05, 0.1) is 0 Å². The zero-order valence-electron chi connectivity index (χ0n) is 6.64. The van der Waals surface area contributed by atoms with Gasteiger partial charge in [-0.2, -0.15) is 0 Å². The molecule has 10 heavy (non-hydrogen) atoms. The Morgan fingerprint density at radius 2 is 2.50 bits per heavy atom. The van der Waals surface area contributed by atoms with E-state index in [2.05, 4.69) is 11.9 Å². The molecule has 0 spiro atoms. The average Bonchev–Trinajstić information content (AvgIpc) is 2.03. The van der Waals surface area contributed by atoms with Gasteiger partial charge in [-0.15, -0.1) is 0 Å². The van der Waals surface area contributed by atoms with Crippen molar-refractivity contribution in [2.45, 2.75) is 39.0 Å². The summed E-state index contributed by atoms with van der Waals surface area (Å²) in [6.45, 7) is 2.23. The minimum Gasteiger partial charge on any atom is -0.269 e. The average molecular weight is 137 g/mol. The van der Waals surface area contributed by atoms with Crippen molar-refractivity contribution in [2.75, 3.05) is 0 Å². The highest BCUT2D eigenvalue weighted by atomic mass is 14.7. The van der Waals surface area contributed by atoms with E-state index < -0.39 is 0 Å². The molecule has 0 saturated carbocycles. The zero-order chi connectivity index (χ0) is 7.23. The van der Waals surface area contributed by atoms with Crippen LogP contribution in [0.1, 0.15) is 39.0 Å². The Bertz CT molecular complexity index is 145. The van der Waals surface area contributed by atoms with Crippen molar-refractivity contribution in [3.05, 3.63) is 11.8 Å². The SMILES string of the molecule is CCCCC1=CN=CCC1. The Kier molecular flexibility index (Phi) is 3.20. The Morgan fingerprint density at radius 1 is 1.60 bits per heavy atom. The highest BCUT2D eigenvalue weighted by Crippen LogP contribution is 2.15. The second-order valence-corrected chi connectivity index (χ2v) is 2.76. The lowest BCUT2D eigenvalue weighted by atomic mass is 10.0. The summed E-state index contributed by atoms with van der Waals surface area (Å²) >= 11 is 0. The molecule has 0 aromatic carbocycles. The zero-order valence-corrected chi connectivity index (χ0v) is 6.64. The van der Waals surface area contributed by atoms with Gasteiger partial charge in [-0.1, -0.05) is 18.9 Å². The lowest BCUT2D eigenvalue weighted by molar-refractivity contribution is 0.753. The molecule has 0 aromatic rings. The van der Waals surface area contributed by atoms with E-state index in [4.69, 9.17) is 0 Å². The molecule has 0 aliphatic carbocycles. The predicted octanol–water partition coefficient (Wildman–Crippen LogP) is 2.93. The summed E-state index contributed by atoms with van der Waals surface area (Å²) in [5.74, 6) is 0. The summed E-state index contributed by atoms with van der Waals surface area (Å²) in [7, 11) is 0. The normalized spacial score (nSPS) is 17.1. The molecule has 0 radical (unpaired) electrons. The Labute approximate surface area is 62.9 Å². The van der Waals surface area contributed by atoms with Gasteiger partial charge >= 0.3 is 0 Å². The minimum atomic E-state index is 1.15. The van der Waals surface area contributed by atoms with E-state index in [1.54, 1.807) is 0 Å². The molecular formula is C9H15N. The summed E-state index contributed by atoms with van der Waals surface area (Å²) in [6, 6.07) is 0. The molecule has 1 aliphatic rings. The smallest absolute Gasteiger partial charge is 0.0255 e. The molecule has 1 heterocycles. The molecule has 0 aromatic heterocycles. The minimum absolute atomic E-state index is 1.15. The van der Waals surface area contributed by atoms with Gasteiger partial charge < -0.3 is 0 Å². The fourth-order valence-corrected chi connectivity index (χ4v) is 1.14. The van der Waals surface area contributed by atoms with Crippen molar-refractivity contribution < 1.29 is 0 Å². The van der Waals surface area contributed by atoms with Crippen molar-refractivity contribution in [3.63, 3.8) is 0 Å². The molecule has 0 bridgehead atoms. The van der Waals surface area contributed by atoms with Gasteiger partial charge in [0.25, 0.3) is 0 Å². The molecule has 0 fully saturated rings. The highest BCUT2D eigenvalue weighted by molar-refractivity contribution is 5.60. The van der Waals surface area contributed by atoms with Crippen LogP contribution in [0.25, 0.3) is 0 Å². The fraction of sp³-hybridized carbons (Fsp3) is 0.667. The number of hydrogen-bond acceptors (Lipinski definition) is 1. The van der Waals surface area contributed by atoms with Crippen LogP contribution in [-0.4, -0.2) is 6.21 Å². The first-order chi connectivity index (χ1) is 4.93. The van der Waals surface area contributed by atoms with Crippen LogP contribution in [-0.2, 0) is 0 Å². The van der Waals surface area contributed by atoms with E-state index in [1.807, 2.05) is 12.4 Å². The van der Waals surface area contributed by atoms with Gasteiger partial charge in [-0.3, -0.25) is 4.99 Å². The first kappa shape index (κ1) is 7.52. The van der Waals surface area contributed by atoms with Crippen LogP contribution in [0, 0.1) is 0 Å². The number of allylic oxidation sites excluding steroid dienone is 1. The van der Waals surface area contributed by atoms with Crippen molar-refractivity contribution in [1.29, 1.82) is 0 Å². The molecule has 1 nitrogen and oxygen atoms in total. The van der Waals surface area contributed by atoms with Crippen LogP contribution < -0.4 is 0 Å². The van der Waals surface area contributed by atoms with Gasteiger partial charge in [0.1, 0.15) is 0 Å². The van der Waals surface area contributed by atoms with Crippen molar-refractivity contribution in [2.24, 2.45) is 4.99 Å². The van der Waals surface area contributed by atoms with Gasteiger partial charge in [0.15, 0.2) is 0 Å². The van der Waals surface area contributed by atoms with Gasteiger partial charge in [0.2, 0.25) is 0 Å². The van der Waals surface area contributed by atoms with Crippen LogP contribution in [0.15, 0.2) is 16.8 Å². The van der Waals surface area contributed by atoms with E-state index in [1.165, 1.54) is 31.3 Å². The fourth-order valence-electron chi connectivity index (χ4n) is 1.14. The van der Waals surface area contributed by atoms with Gasteiger partial charge in [0, 0.05) is 12.4 Å². The van der Waals surface area contributed by atoms with Crippen LogP contribution in [0.5, 0.6) is 0 Å². The third kappa shape index (κ3) is 2.34. The monoisotopic (exact) mass is 137 g/mol. The second-order valence-electron chi connectivity index (χ2n) is 2.76. The quantitative estimate of drug-likeness (QED) is 0.567. The number of unbranched alkanes of at least 4 members (excludes halogenated alkanes) is 1. The van der Waals surface area contributed by atoms with Crippen LogP contribution in [0.4, 0.5) is 0 Å². The van der Waals surface area contributed by atoms with E-state index >= 15 is 0 Å². The topological polar surface area (TPSA) is 12.4 Å². The molecule has 56 valence electrons. The Morgan fingerprint density at radius 3 is 3.10 bits per heavy atom. The summed E-state index contributed by atoms with van der Waals surface area (Å²) < 4.78 is 0. The van der Waals surface area contributed by atoms with Crippen molar-refractivity contribution in [1.82, 2.24) is 0 Å². The van der Waals surface area contributed by atoms with E-state index in [9.17, 15) is 0 Å². The summed E-state index contributed by atoms with van der Waals surface area (Å²) in [5, 5.41) is 0. The molecule has 1 aliphatic heterocycles. The maximum atomic E-state index is 4.12. The van der Waals surface area contributed by atoms with Crippen molar-refractivity contribution >= 4 is 6.21 Å². The maximum Gasteiger partial charge on any atom is 0.0255 e. The lowest BCUT2D eigenvalue weighted by Gasteiger charge is -2.05. The number of nitrogens with zero attached hydrogens (tertiary/aromatic N) is 1. The molecule has 0 amide bonds. The molecule has 1 rings (SSSR count).